The molecule has 0 fully saturated rings. The Hall–Kier alpha value is -3.73. The lowest BCUT2D eigenvalue weighted by Crippen LogP contribution is -2.25. The summed E-state index contributed by atoms with van der Waals surface area (Å²) < 4.78 is 20.4. The maximum Gasteiger partial charge on any atom is 0.297 e. The van der Waals surface area contributed by atoms with Crippen molar-refractivity contribution >= 4 is 10.9 Å². The number of benzene rings is 3. The van der Waals surface area contributed by atoms with Crippen LogP contribution in [0.15, 0.2) is 83.7 Å². The number of unbranched alkanes of at least 4 members (excludes halogenated alkanes) is 5. The van der Waals surface area contributed by atoms with Crippen LogP contribution in [0.3, 0.4) is 0 Å². The van der Waals surface area contributed by atoms with Gasteiger partial charge in [0.15, 0.2) is 5.75 Å². The van der Waals surface area contributed by atoms with Gasteiger partial charge in [-0.2, -0.15) is 0 Å². The summed E-state index contributed by atoms with van der Waals surface area (Å²) in [4.78, 5) is 13.9. The van der Waals surface area contributed by atoms with Crippen molar-refractivity contribution in [3.05, 3.63) is 100 Å². The van der Waals surface area contributed by atoms with E-state index >= 15 is 0 Å². The van der Waals surface area contributed by atoms with Crippen molar-refractivity contribution in [1.29, 1.82) is 0 Å². The van der Waals surface area contributed by atoms with Gasteiger partial charge >= 0.3 is 0 Å². The average Bonchev–Trinajstić information content (AvgIpc) is 2.96. The fourth-order valence-corrected chi connectivity index (χ4v) is 4.69. The zero-order chi connectivity index (χ0) is 27.5. The molecule has 0 aliphatic carbocycles. The van der Waals surface area contributed by atoms with Crippen LogP contribution in [0.4, 0.5) is 0 Å². The van der Waals surface area contributed by atoms with E-state index in [-0.39, 0.29) is 17.4 Å². The summed E-state index contributed by atoms with van der Waals surface area (Å²) in [5.41, 5.74) is 2.76. The van der Waals surface area contributed by atoms with Crippen LogP contribution < -0.4 is 19.8 Å². The van der Waals surface area contributed by atoms with Crippen molar-refractivity contribution in [1.82, 2.24) is 4.57 Å². The standard InChI is InChI=1S/C34H41NO4/c1-4-5-6-7-8-15-22-35-31-23-29(37-24-27-16-11-9-12-17-27)20-21-30(31)32(33(34(35)36)39-26(2)3)38-25-28-18-13-10-14-19-28/h9-14,16-21,23,26H,4-8,15,22,24-25H2,1-3H3. The van der Waals surface area contributed by atoms with Crippen molar-refractivity contribution in [2.24, 2.45) is 0 Å². The van der Waals surface area contributed by atoms with E-state index in [9.17, 15) is 4.79 Å². The van der Waals surface area contributed by atoms with E-state index in [1.165, 1.54) is 25.7 Å². The molecule has 0 atom stereocenters. The van der Waals surface area contributed by atoms with Gasteiger partial charge in [-0.25, -0.2) is 0 Å². The van der Waals surface area contributed by atoms with Crippen molar-refractivity contribution in [3.8, 4) is 17.2 Å². The first-order chi connectivity index (χ1) is 19.1. The summed E-state index contributed by atoms with van der Waals surface area (Å²) in [6.07, 6.45) is 6.74. The number of nitrogens with zero attached hydrogens (tertiary/aromatic N) is 1. The number of hydrogen-bond acceptors (Lipinski definition) is 4. The maximum absolute atomic E-state index is 13.9. The fraction of sp³-hybridized carbons (Fsp3) is 0.382. The summed E-state index contributed by atoms with van der Waals surface area (Å²) in [5, 5.41) is 0.847. The molecule has 0 radical (unpaired) electrons. The first kappa shape index (κ1) is 28.3. The second kappa shape index (κ2) is 14.4. The van der Waals surface area contributed by atoms with Crippen molar-refractivity contribution < 1.29 is 14.2 Å². The molecule has 1 heterocycles. The molecule has 39 heavy (non-hydrogen) atoms. The van der Waals surface area contributed by atoms with Gasteiger partial charge in [-0.05, 0) is 43.5 Å². The summed E-state index contributed by atoms with van der Waals surface area (Å²) in [6, 6.07) is 26.0. The van der Waals surface area contributed by atoms with Gasteiger partial charge in [0.1, 0.15) is 19.0 Å². The number of hydrogen-bond donors (Lipinski definition) is 0. The smallest absolute Gasteiger partial charge is 0.297 e. The molecule has 0 amide bonds. The Morgan fingerprint density at radius 3 is 1.97 bits per heavy atom. The second-order valence-corrected chi connectivity index (χ2v) is 10.3. The molecule has 0 aliphatic rings. The van der Waals surface area contributed by atoms with Crippen LogP contribution >= 0.6 is 0 Å². The third-order valence-corrected chi connectivity index (χ3v) is 6.71. The number of aromatic nitrogens is 1. The molecular formula is C34H41NO4. The van der Waals surface area contributed by atoms with E-state index < -0.39 is 0 Å². The topological polar surface area (TPSA) is 49.7 Å². The highest BCUT2D eigenvalue weighted by Crippen LogP contribution is 2.36. The third-order valence-electron chi connectivity index (χ3n) is 6.71. The predicted molar refractivity (Wildman–Crippen MR) is 159 cm³/mol. The van der Waals surface area contributed by atoms with Gasteiger partial charge in [-0.3, -0.25) is 4.79 Å². The second-order valence-electron chi connectivity index (χ2n) is 10.3. The van der Waals surface area contributed by atoms with Crippen LogP contribution in [-0.2, 0) is 19.8 Å². The van der Waals surface area contributed by atoms with Crippen LogP contribution in [0.2, 0.25) is 0 Å². The minimum atomic E-state index is -0.162. The number of pyridine rings is 1. The van der Waals surface area contributed by atoms with Crippen LogP contribution in [0, 0.1) is 0 Å². The molecule has 0 spiro atoms. The average molecular weight is 528 g/mol. The maximum atomic E-state index is 13.9. The van der Waals surface area contributed by atoms with Gasteiger partial charge in [0.05, 0.1) is 11.6 Å². The predicted octanol–water partition coefficient (Wildman–Crippen LogP) is 8.31. The molecular weight excluding hydrogens is 486 g/mol. The molecule has 0 aliphatic heterocycles. The molecule has 5 heteroatoms. The van der Waals surface area contributed by atoms with Gasteiger partial charge in [-0.1, -0.05) is 99.7 Å². The molecule has 1 aromatic heterocycles. The van der Waals surface area contributed by atoms with Crippen LogP contribution in [-0.4, -0.2) is 10.7 Å². The summed E-state index contributed by atoms with van der Waals surface area (Å²) >= 11 is 0. The monoisotopic (exact) mass is 527 g/mol. The van der Waals surface area contributed by atoms with Crippen LogP contribution in [0.5, 0.6) is 17.2 Å². The quantitative estimate of drug-likeness (QED) is 0.146. The van der Waals surface area contributed by atoms with E-state index in [2.05, 4.69) is 6.92 Å². The Morgan fingerprint density at radius 1 is 0.718 bits per heavy atom. The molecule has 0 saturated carbocycles. The van der Waals surface area contributed by atoms with Gasteiger partial charge < -0.3 is 18.8 Å². The van der Waals surface area contributed by atoms with E-state index in [4.69, 9.17) is 14.2 Å². The Balaban J connectivity index is 1.71. The van der Waals surface area contributed by atoms with Gasteiger partial charge in [0.25, 0.3) is 5.56 Å². The normalized spacial score (nSPS) is 11.2. The summed E-state index contributed by atoms with van der Waals surface area (Å²) in [5.74, 6) is 1.48. The van der Waals surface area contributed by atoms with Crippen molar-refractivity contribution in [3.63, 3.8) is 0 Å². The Labute approximate surface area is 232 Å². The highest BCUT2D eigenvalue weighted by Gasteiger charge is 2.21. The number of aryl methyl sites for hydroxylation is 1. The number of rotatable bonds is 15. The third kappa shape index (κ3) is 7.89. The minimum Gasteiger partial charge on any atom is -0.489 e. The van der Waals surface area contributed by atoms with Gasteiger partial charge in [0, 0.05) is 18.0 Å². The number of fused-ring (bicyclic) bond motifs is 1. The largest absolute Gasteiger partial charge is 0.489 e. The van der Waals surface area contributed by atoms with Crippen molar-refractivity contribution in [2.45, 2.75) is 85.2 Å². The van der Waals surface area contributed by atoms with Crippen LogP contribution in [0.1, 0.15) is 70.4 Å². The van der Waals surface area contributed by atoms with Crippen molar-refractivity contribution in [2.75, 3.05) is 0 Å². The van der Waals surface area contributed by atoms with Gasteiger partial charge in [-0.15, -0.1) is 0 Å². The molecule has 4 rings (SSSR count). The molecule has 206 valence electrons. The lowest BCUT2D eigenvalue weighted by Gasteiger charge is -2.20. The highest BCUT2D eigenvalue weighted by molar-refractivity contribution is 5.89. The first-order valence-electron chi connectivity index (χ1n) is 14.3. The Morgan fingerprint density at radius 2 is 1.33 bits per heavy atom. The molecule has 0 bridgehead atoms. The number of ether oxygens (including phenoxy) is 3. The zero-order valence-electron chi connectivity index (χ0n) is 23.5. The first-order valence-corrected chi connectivity index (χ1v) is 14.3. The lowest BCUT2D eigenvalue weighted by atomic mass is 10.1. The van der Waals surface area contributed by atoms with E-state index in [1.807, 2.05) is 97.3 Å². The lowest BCUT2D eigenvalue weighted by molar-refractivity contribution is 0.215. The fourth-order valence-electron chi connectivity index (χ4n) is 4.69. The molecule has 0 unspecified atom stereocenters. The molecule has 0 saturated heterocycles. The Bertz CT molecular complexity index is 1360. The molecule has 5 nitrogen and oxygen atoms in total. The summed E-state index contributed by atoms with van der Waals surface area (Å²) in [7, 11) is 0. The highest BCUT2D eigenvalue weighted by atomic mass is 16.5. The molecule has 4 aromatic rings. The van der Waals surface area contributed by atoms with Crippen LogP contribution in [0.25, 0.3) is 10.9 Å². The van der Waals surface area contributed by atoms with Gasteiger partial charge in [0.2, 0.25) is 5.75 Å². The zero-order valence-corrected chi connectivity index (χ0v) is 23.5. The Kier molecular flexibility index (Phi) is 10.5. The van der Waals surface area contributed by atoms with E-state index in [1.54, 1.807) is 0 Å². The van der Waals surface area contributed by atoms with E-state index in [0.717, 1.165) is 34.9 Å². The minimum absolute atomic E-state index is 0.159. The molecule has 3 aromatic carbocycles. The molecule has 0 N–H and O–H groups in total. The van der Waals surface area contributed by atoms with E-state index in [0.29, 0.717) is 31.3 Å². The summed E-state index contributed by atoms with van der Waals surface area (Å²) in [6.45, 7) is 7.52. The SMILES string of the molecule is CCCCCCCCn1c(=O)c(OC(C)C)c(OCc2ccccc2)c2ccc(OCc3ccccc3)cc21.